The van der Waals surface area contributed by atoms with Crippen molar-refractivity contribution in [2.24, 2.45) is 0 Å². The highest BCUT2D eigenvalue weighted by Gasteiger charge is 2.24. The summed E-state index contributed by atoms with van der Waals surface area (Å²) in [5.41, 5.74) is 4.41. The standard InChI is InChI=1S/C23H24N4O2/c1-3-15-7-9-16(10-8-15)24-22-21-19(5-4-6-20(21)28)26-23(27-22)25-17-11-13-18(29-2)14-12-17/h7-14H,3-6H2,1-2H3,(H2,24,25,26,27). The Balaban J connectivity index is 1.67. The van der Waals surface area contributed by atoms with Gasteiger partial charge in [-0.05, 0) is 61.2 Å². The minimum atomic E-state index is 0.0925. The predicted molar refractivity (Wildman–Crippen MR) is 115 cm³/mol. The average Bonchev–Trinajstić information content (AvgIpc) is 2.75. The number of carbonyl (C=O) groups excluding carboxylic acids is 1. The minimum Gasteiger partial charge on any atom is -0.497 e. The van der Waals surface area contributed by atoms with Crippen LogP contribution in [0.2, 0.25) is 0 Å². The van der Waals surface area contributed by atoms with E-state index in [-0.39, 0.29) is 5.78 Å². The maximum absolute atomic E-state index is 12.6. The first-order valence-corrected chi connectivity index (χ1v) is 9.87. The quantitative estimate of drug-likeness (QED) is 0.615. The number of Topliss-reactive ketones (excluding diaryl/α,β-unsaturated/α-hetero) is 1. The van der Waals surface area contributed by atoms with Crippen LogP contribution in [-0.4, -0.2) is 22.9 Å². The highest BCUT2D eigenvalue weighted by molar-refractivity contribution is 6.03. The van der Waals surface area contributed by atoms with Crippen molar-refractivity contribution in [2.75, 3.05) is 17.7 Å². The van der Waals surface area contributed by atoms with Gasteiger partial charge in [0.25, 0.3) is 0 Å². The third-order valence-corrected chi connectivity index (χ3v) is 5.05. The number of aromatic nitrogens is 2. The molecule has 0 radical (unpaired) electrons. The molecule has 2 N–H and O–H groups in total. The van der Waals surface area contributed by atoms with E-state index in [2.05, 4.69) is 39.7 Å². The molecule has 1 aromatic heterocycles. The summed E-state index contributed by atoms with van der Waals surface area (Å²) in [5, 5.41) is 6.56. The lowest BCUT2D eigenvalue weighted by molar-refractivity contribution is 0.0972. The van der Waals surface area contributed by atoms with Gasteiger partial charge in [0.1, 0.15) is 11.6 Å². The molecule has 0 amide bonds. The zero-order valence-corrected chi connectivity index (χ0v) is 16.7. The molecule has 3 aromatic rings. The van der Waals surface area contributed by atoms with Gasteiger partial charge in [0, 0.05) is 17.8 Å². The molecule has 4 rings (SSSR count). The van der Waals surface area contributed by atoms with Gasteiger partial charge in [0.15, 0.2) is 5.78 Å². The molecule has 1 aliphatic rings. The summed E-state index contributed by atoms with van der Waals surface area (Å²) in [7, 11) is 1.64. The van der Waals surface area contributed by atoms with Gasteiger partial charge in [-0.2, -0.15) is 4.98 Å². The number of ketones is 1. The molecule has 29 heavy (non-hydrogen) atoms. The molecule has 6 heteroatoms. The first-order chi connectivity index (χ1) is 14.2. The van der Waals surface area contributed by atoms with Crippen molar-refractivity contribution < 1.29 is 9.53 Å². The van der Waals surface area contributed by atoms with Crippen molar-refractivity contribution in [2.45, 2.75) is 32.6 Å². The van der Waals surface area contributed by atoms with Crippen LogP contribution in [-0.2, 0) is 12.8 Å². The average molecular weight is 388 g/mol. The molecular formula is C23H24N4O2. The first-order valence-electron chi connectivity index (χ1n) is 9.87. The lowest BCUT2D eigenvalue weighted by Gasteiger charge is -2.19. The molecule has 1 heterocycles. The number of nitrogens with zero attached hydrogens (tertiary/aromatic N) is 2. The van der Waals surface area contributed by atoms with Gasteiger partial charge in [-0.25, -0.2) is 4.98 Å². The Morgan fingerprint density at radius 3 is 2.31 bits per heavy atom. The highest BCUT2D eigenvalue weighted by atomic mass is 16.5. The lowest BCUT2D eigenvalue weighted by atomic mass is 9.95. The van der Waals surface area contributed by atoms with E-state index in [4.69, 9.17) is 4.74 Å². The molecule has 0 saturated carbocycles. The maximum atomic E-state index is 12.6. The zero-order valence-electron chi connectivity index (χ0n) is 16.7. The molecule has 6 nitrogen and oxygen atoms in total. The van der Waals surface area contributed by atoms with Crippen molar-refractivity contribution in [1.82, 2.24) is 9.97 Å². The molecule has 0 unspecified atom stereocenters. The fourth-order valence-corrected chi connectivity index (χ4v) is 3.43. The van der Waals surface area contributed by atoms with E-state index in [1.165, 1.54) is 5.56 Å². The zero-order chi connectivity index (χ0) is 20.2. The van der Waals surface area contributed by atoms with E-state index >= 15 is 0 Å². The van der Waals surface area contributed by atoms with E-state index in [0.29, 0.717) is 23.8 Å². The molecule has 0 atom stereocenters. The second-order valence-electron chi connectivity index (χ2n) is 7.02. The van der Waals surface area contributed by atoms with Crippen LogP contribution in [0.4, 0.5) is 23.1 Å². The SMILES string of the molecule is CCc1ccc(Nc2nc(Nc3ccc(OC)cc3)nc3c2C(=O)CCC3)cc1. The van der Waals surface area contributed by atoms with Crippen molar-refractivity contribution in [3.63, 3.8) is 0 Å². The number of benzene rings is 2. The topological polar surface area (TPSA) is 76.1 Å². The third-order valence-electron chi connectivity index (χ3n) is 5.05. The van der Waals surface area contributed by atoms with E-state index in [9.17, 15) is 4.79 Å². The summed E-state index contributed by atoms with van der Waals surface area (Å²) in [4.78, 5) is 21.8. The van der Waals surface area contributed by atoms with Gasteiger partial charge in [-0.3, -0.25) is 4.79 Å². The number of aryl methyl sites for hydroxylation is 2. The Morgan fingerprint density at radius 2 is 1.62 bits per heavy atom. The van der Waals surface area contributed by atoms with E-state index in [1.54, 1.807) is 7.11 Å². The van der Waals surface area contributed by atoms with Gasteiger partial charge in [-0.1, -0.05) is 19.1 Å². The molecular weight excluding hydrogens is 364 g/mol. The van der Waals surface area contributed by atoms with Crippen LogP contribution in [0.5, 0.6) is 5.75 Å². The van der Waals surface area contributed by atoms with Crippen LogP contribution in [0.25, 0.3) is 0 Å². The van der Waals surface area contributed by atoms with E-state index < -0.39 is 0 Å². The summed E-state index contributed by atoms with van der Waals surface area (Å²) < 4.78 is 5.20. The molecule has 0 bridgehead atoms. The molecule has 0 saturated heterocycles. The Morgan fingerprint density at radius 1 is 0.931 bits per heavy atom. The molecule has 0 aliphatic heterocycles. The largest absolute Gasteiger partial charge is 0.497 e. The van der Waals surface area contributed by atoms with Gasteiger partial charge in [-0.15, -0.1) is 0 Å². The predicted octanol–water partition coefficient (Wildman–Crippen LogP) is 5.05. The van der Waals surface area contributed by atoms with Crippen molar-refractivity contribution in [3.8, 4) is 5.75 Å². The number of fused-ring (bicyclic) bond motifs is 1. The monoisotopic (exact) mass is 388 g/mol. The number of nitrogens with one attached hydrogen (secondary N) is 2. The van der Waals surface area contributed by atoms with E-state index in [1.807, 2.05) is 36.4 Å². The smallest absolute Gasteiger partial charge is 0.229 e. The highest BCUT2D eigenvalue weighted by Crippen LogP contribution is 2.30. The van der Waals surface area contributed by atoms with Crippen molar-refractivity contribution >= 4 is 28.9 Å². The third kappa shape index (κ3) is 4.21. The van der Waals surface area contributed by atoms with Crippen LogP contribution >= 0.6 is 0 Å². The van der Waals surface area contributed by atoms with Crippen LogP contribution in [0, 0.1) is 0 Å². The molecule has 148 valence electrons. The molecule has 1 aliphatic carbocycles. The summed E-state index contributed by atoms with van der Waals surface area (Å²) in [6.45, 7) is 2.12. The lowest BCUT2D eigenvalue weighted by Crippen LogP contribution is -2.17. The second kappa shape index (κ2) is 8.31. The number of ether oxygens (including phenoxy) is 1. The Kier molecular flexibility index (Phi) is 5.42. The molecule has 0 spiro atoms. The van der Waals surface area contributed by atoms with Crippen LogP contribution in [0.15, 0.2) is 48.5 Å². The van der Waals surface area contributed by atoms with Crippen LogP contribution in [0.3, 0.4) is 0 Å². The van der Waals surface area contributed by atoms with Gasteiger partial charge in [0.2, 0.25) is 5.95 Å². The Bertz CT molecular complexity index is 1010. The van der Waals surface area contributed by atoms with Gasteiger partial charge < -0.3 is 15.4 Å². The fourth-order valence-electron chi connectivity index (χ4n) is 3.43. The number of hydrogen-bond acceptors (Lipinski definition) is 6. The number of anilines is 4. The molecule has 2 aromatic carbocycles. The van der Waals surface area contributed by atoms with Crippen molar-refractivity contribution in [3.05, 3.63) is 65.4 Å². The summed E-state index contributed by atoms with van der Waals surface area (Å²) in [6, 6.07) is 15.7. The number of hydrogen-bond donors (Lipinski definition) is 2. The van der Waals surface area contributed by atoms with E-state index in [0.717, 1.165) is 42.1 Å². The number of methoxy groups -OCH3 is 1. The van der Waals surface area contributed by atoms with Gasteiger partial charge >= 0.3 is 0 Å². The number of rotatable bonds is 6. The van der Waals surface area contributed by atoms with Crippen LogP contribution in [0.1, 0.15) is 41.4 Å². The minimum absolute atomic E-state index is 0.0925. The first kappa shape index (κ1) is 18.9. The summed E-state index contributed by atoms with van der Waals surface area (Å²) in [5.74, 6) is 1.90. The summed E-state index contributed by atoms with van der Waals surface area (Å²) in [6.07, 6.45) is 3.10. The second-order valence-corrected chi connectivity index (χ2v) is 7.02. The van der Waals surface area contributed by atoms with Gasteiger partial charge in [0.05, 0.1) is 18.4 Å². The normalized spacial score (nSPS) is 13.0. The summed E-state index contributed by atoms with van der Waals surface area (Å²) >= 11 is 0. The van der Waals surface area contributed by atoms with Crippen molar-refractivity contribution in [1.29, 1.82) is 0 Å². The Hall–Kier alpha value is -3.41. The number of carbonyl (C=O) groups is 1. The van der Waals surface area contributed by atoms with Crippen LogP contribution < -0.4 is 15.4 Å². The maximum Gasteiger partial charge on any atom is 0.229 e. The Labute approximate surface area is 170 Å². The molecule has 0 fully saturated rings. The fraction of sp³-hybridized carbons (Fsp3) is 0.261.